The first-order valence-corrected chi connectivity index (χ1v) is 11.1. The summed E-state index contributed by atoms with van der Waals surface area (Å²) in [5, 5.41) is 12.6. The van der Waals surface area contributed by atoms with E-state index in [1.165, 1.54) is 44.2 Å². The molecule has 0 spiro atoms. The minimum absolute atomic E-state index is 0.193. The number of hydrogen-bond donors (Lipinski definition) is 0. The lowest BCUT2D eigenvalue weighted by molar-refractivity contribution is 0.0394. The van der Waals surface area contributed by atoms with E-state index in [4.69, 9.17) is 0 Å². The quantitative estimate of drug-likeness (QED) is 0.743. The maximum absolute atomic E-state index is 13.2. The van der Waals surface area contributed by atoms with Crippen molar-refractivity contribution in [3.63, 3.8) is 0 Å². The summed E-state index contributed by atoms with van der Waals surface area (Å²) in [6.45, 7) is 9.43. The van der Waals surface area contributed by atoms with E-state index in [0.29, 0.717) is 12.5 Å². The molecule has 4 rings (SSSR count). The summed E-state index contributed by atoms with van der Waals surface area (Å²) in [6, 6.07) is 7.56. The van der Waals surface area contributed by atoms with Gasteiger partial charge < -0.3 is 0 Å². The number of hydrogen-bond acceptors (Lipinski definition) is 5. The summed E-state index contributed by atoms with van der Waals surface area (Å²) < 4.78 is 15.1. The second-order valence-electron chi connectivity index (χ2n) is 8.87. The third kappa shape index (κ3) is 4.83. The topological polar surface area (TPSA) is 50.1 Å². The van der Waals surface area contributed by atoms with Gasteiger partial charge in [-0.15, -0.1) is 5.10 Å². The maximum atomic E-state index is 13.2. The number of halogens is 1. The molecule has 1 aliphatic carbocycles. The van der Waals surface area contributed by atoms with Crippen LogP contribution < -0.4 is 0 Å². The fraction of sp³-hybridized carbons (Fsp3) is 0.682. The van der Waals surface area contributed by atoms with Crippen molar-refractivity contribution in [1.29, 1.82) is 0 Å². The molecule has 2 fully saturated rings. The second-order valence-corrected chi connectivity index (χ2v) is 8.87. The molecule has 0 bridgehead atoms. The number of nitrogens with zero attached hydrogens (tertiary/aromatic N) is 6. The second kappa shape index (κ2) is 9.30. The molecule has 158 valence electrons. The number of rotatable bonds is 6. The number of aromatic nitrogens is 4. The monoisotopic (exact) mass is 400 g/mol. The van der Waals surface area contributed by atoms with Crippen molar-refractivity contribution in [2.75, 3.05) is 26.2 Å². The summed E-state index contributed by atoms with van der Waals surface area (Å²) in [7, 11) is 0. The highest BCUT2D eigenvalue weighted by atomic mass is 19.1. The molecule has 2 aromatic rings. The molecule has 1 aromatic heterocycles. The fourth-order valence-corrected chi connectivity index (χ4v) is 5.01. The first-order chi connectivity index (χ1) is 14.1. The van der Waals surface area contributed by atoms with E-state index in [-0.39, 0.29) is 11.9 Å². The Kier molecular flexibility index (Phi) is 6.55. The lowest BCUT2D eigenvalue weighted by Crippen LogP contribution is -2.52. The van der Waals surface area contributed by atoms with Crippen molar-refractivity contribution in [2.45, 2.75) is 64.6 Å². The van der Waals surface area contributed by atoms with E-state index in [0.717, 1.165) is 43.6 Å². The summed E-state index contributed by atoms with van der Waals surface area (Å²) in [5.74, 6) is 1.10. The first kappa shape index (κ1) is 20.4. The Balaban J connectivity index is 1.45. The van der Waals surface area contributed by atoms with Gasteiger partial charge >= 0.3 is 0 Å². The fourth-order valence-electron chi connectivity index (χ4n) is 5.01. The summed E-state index contributed by atoms with van der Waals surface area (Å²) in [6.07, 6.45) is 6.91. The molecule has 0 unspecified atom stereocenters. The van der Waals surface area contributed by atoms with Crippen molar-refractivity contribution in [2.24, 2.45) is 5.92 Å². The van der Waals surface area contributed by atoms with E-state index in [9.17, 15) is 4.39 Å². The number of benzene rings is 1. The summed E-state index contributed by atoms with van der Waals surface area (Å²) in [4.78, 5) is 5.26. The molecule has 0 amide bonds. The van der Waals surface area contributed by atoms with Gasteiger partial charge in [-0.25, -0.2) is 9.07 Å². The van der Waals surface area contributed by atoms with Crippen LogP contribution in [-0.2, 0) is 6.54 Å². The average Bonchev–Trinajstić information content (AvgIpc) is 3.18. The van der Waals surface area contributed by atoms with Gasteiger partial charge in [0.2, 0.25) is 0 Å². The Morgan fingerprint density at radius 3 is 2.34 bits per heavy atom. The van der Waals surface area contributed by atoms with Gasteiger partial charge in [-0.05, 0) is 46.9 Å². The van der Waals surface area contributed by atoms with Crippen LogP contribution in [0.4, 0.5) is 4.39 Å². The van der Waals surface area contributed by atoms with E-state index in [1.54, 1.807) is 12.1 Å². The Hall–Kier alpha value is -1.86. The third-order valence-electron chi connectivity index (χ3n) is 6.53. The van der Waals surface area contributed by atoms with Gasteiger partial charge in [-0.2, -0.15) is 0 Å². The lowest BCUT2D eigenvalue weighted by atomic mass is 9.93. The van der Waals surface area contributed by atoms with Crippen LogP contribution in [0.2, 0.25) is 0 Å². The molecule has 1 saturated carbocycles. The molecule has 6 nitrogen and oxygen atoms in total. The zero-order valence-corrected chi connectivity index (χ0v) is 17.7. The SMILES string of the molecule is CC(C)[C@@H](c1nnnn1Cc1ccc(F)cc1)N1CCN(C2CCCCC2)CC1. The molecule has 29 heavy (non-hydrogen) atoms. The Labute approximate surface area is 173 Å². The highest BCUT2D eigenvalue weighted by Crippen LogP contribution is 2.30. The smallest absolute Gasteiger partial charge is 0.169 e. The van der Waals surface area contributed by atoms with Gasteiger partial charge in [0, 0.05) is 32.2 Å². The van der Waals surface area contributed by atoms with Crippen LogP contribution in [0.5, 0.6) is 0 Å². The van der Waals surface area contributed by atoms with E-state index >= 15 is 0 Å². The van der Waals surface area contributed by atoms with Crippen LogP contribution in [0.15, 0.2) is 24.3 Å². The van der Waals surface area contributed by atoms with Crippen LogP contribution >= 0.6 is 0 Å². The minimum atomic E-state index is -0.221. The van der Waals surface area contributed by atoms with Crippen LogP contribution in [0.25, 0.3) is 0 Å². The van der Waals surface area contributed by atoms with E-state index < -0.39 is 0 Å². The van der Waals surface area contributed by atoms with Crippen LogP contribution in [0.1, 0.15) is 63.4 Å². The van der Waals surface area contributed by atoms with Gasteiger partial charge in [0.05, 0.1) is 12.6 Å². The molecule has 1 atom stereocenters. The van der Waals surface area contributed by atoms with Gasteiger partial charge in [-0.1, -0.05) is 45.2 Å². The standard InChI is InChI=1S/C22H33FN6/c1-17(2)21(28-14-12-27(13-15-28)20-6-4-3-5-7-20)22-24-25-26-29(22)16-18-8-10-19(23)11-9-18/h8-11,17,20-21H,3-7,12-16H2,1-2H3/t21-/m0/s1. The molecule has 2 heterocycles. The van der Waals surface area contributed by atoms with Crippen molar-refractivity contribution in [1.82, 2.24) is 30.0 Å². The molecule has 0 N–H and O–H groups in total. The van der Waals surface area contributed by atoms with E-state index in [1.807, 2.05) is 4.68 Å². The number of piperazine rings is 1. The molecule has 1 aromatic carbocycles. The number of tetrazole rings is 1. The van der Waals surface area contributed by atoms with Crippen molar-refractivity contribution < 1.29 is 4.39 Å². The predicted molar refractivity (Wildman–Crippen MR) is 111 cm³/mol. The first-order valence-electron chi connectivity index (χ1n) is 11.1. The van der Waals surface area contributed by atoms with Gasteiger partial charge in [0.1, 0.15) is 5.82 Å². The van der Waals surface area contributed by atoms with Gasteiger partial charge in [0.15, 0.2) is 5.82 Å². The zero-order valence-electron chi connectivity index (χ0n) is 17.7. The highest BCUT2D eigenvalue weighted by Gasteiger charge is 2.33. The molecule has 7 heteroatoms. The van der Waals surface area contributed by atoms with E-state index in [2.05, 4.69) is 39.2 Å². The van der Waals surface area contributed by atoms with Crippen molar-refractivity contribution in [3.05, 3.63) is 41.5 Å². The average molecular weight is 401 g/mol. The molecule has 1 aliphatic heterocycles. The van der Waals surface area contributed by atoms with Crippen LogP contribution in [0, 0.1) is 11.7 Å². The molecular formula is C22H33FN6. The predicted octanol–water partition coefficient (Wildman–Crippen LogP) is 3.51. The lowest BCUT2D eigenvalue weighted by Gasteiger charge is -2.43. The molecule has 2 aliphatic rings. The molecule has 0 radical (unpaired) electrons. The van der Waals surface area contributed by atoms with Gasteiger partial charge in [0.25, 0.3) is 0 Å². The van der Waals surface area contributed by atoms with Crippen molar-refractivity contribution >= 4 is 0 Å². The molecule has 1 saturated heterocycles. The summed E-state index contributed by atoms with van der Waals surface area (Å²) in [5.41, 5.74) is 1.00. The Bertz CT molecular complexity index is 760. The van der Waals surface area contributed by atoms with Gasteiger partial charge in [-0.3, -0.25) is 9.80 Å². The minimum Gasteiger partial charge on any atom is -0.298 e. The third-order valence-corrected chi connectivity index (χ3v) is 6.53. The maximum Gasteiger partial charge on any atom is 0.169 e. The van der Waals surface area contributed by atoms with Crippen LogP contribution in [0.3, 0.4) is 0 Å². The Morgan fingerprint density at radius 1 is 1.00 bits per heavy atom. The Morgan fingerprint density at radius 2 is 1.69 bits per heavy atom. The summed E-state index contributed by atoms with van der Waals surface area (Å²) >= 11 is 0. The van der Waals surface area contributed by atoms with Crippen molar-refractivity contribution in [3.8, 4) is 0 Å². The zero-order chi connectivity index (χ0) is 20.2. The highest BCUT2D eigenvalue weighted by molar-refractivity contribution is 5.16. The largest absolute Gasteiger partial charge is 0.298 e. The normalized spacial score (nSPS) is 21.0. The molecular weight excluding hydrogens is 367 g/mol. The van der Waals surface area contributed by atoms with Crippen LogP contribution in [-0.4, -0.2) is 62.2 Å².